The van der Waals surface area contributed by atoms with E-state index in [0.29, 0.717) is 23.4 Å². The SMILES string of the molecule is CCC(=O)[C@H]1O[C@@H](n2cnc3c(N)ncnc32)[C@@H]2OC(C)(C)O[C@@H]21. The summed E-state index contributed by atoms with van der Waals surface area (Å²) in [5, 5.41) is 0. The second-order valence-corrected chi connectivity index (χ2v) is 6.41. The number of ether oxygens (including phenoxy) is 3. The van der Waals surface area contributed by atoms with Gasteiger partial charge in [-0.25, -0.2) is 15.0 Å². The Morgan fingerprint density at radius 2 is 2.04 bits per heavy atom. The predicted octanol–water partition coefficient (Wildman–Crippen LogP) is 0.805. The van der Waals surface area contributed by atoms with Crippen molar-refractivity contribution in [3.63, 3.8) is 0 Å². The number of Topliss-reactive ketones (excluding diaryl/α,β-unsaturated/α-hetero) is 1. The molecule has 0 aromatic carbocycles. The van der Waals surface area contributed by atoms with Crippen LogP contribution in [0.5, 0.6) is 0 Å². The lowest BCUT2D eigenvalue weighted by atomic mass is 10.1. The largest absolute Gasteiger partial charge is 0.382 e. The Bertz CT molecular complexity index is 804. The van der Waals surface area contributed by atoms with Crippen molar-refractivity contribution in [1.29, 1.82) is 0 Å². The van der Waals surface area contributed by atoms with Crippen molar-refractivity contribution in [1.82, 2.24) is 19.5 Å². The molecule has 2 aliphatic rings. The lowest BCUT2D eigenvalue weighted by Gasteiger charge is -2.24. The van der Waals surface area contributed by atoms with E-state index in [1.807, 2.05) is 13.8 Å². The second-order valence-electron chi connectivity index (χ2n) is 6.41. The number of rotatable bonds is 3. The van der Waals surface area contributed by atoms with E-state index in [-0.39, 0.29) is 5.78 Å². The third-order valence-electron chi connectivity index (χ3n) is 4.36. The van der Waals surface area contributed by atoms with Gasteiger partial charge in [-0.3, -0.25) is 9.36 Å². The molecule has 2 fully saturated rings. The van der Waals surface area contributed by atoms with E-state index in [2.05, 4.69) is 15.0 Å². The fourth-order valence-electron chi connectivity index (χ4n) is 3.32. The Hall–Kier alpha value is -2.10. The summed E-state index contributed by atoms with van der Waals surface area (Å²) in [7, 11) is 0. The molecule has 4 atom stereocenters. The number of ketones is 1. The number of nitrogens with two attached hydrogens (primary N) is 1. The van der Waals surface area contributed by atoms with Crippen LogP contribution in [0.1, 0.15) is 33.4 Å². The van der Waals surface area contributed by atoms with Crippen LogP contribution >= 0.6 is 0 Å². The number of carbonyl (C=O) groups excluding carboxylic acids is 1. The molecule has 9 heteroatoms. The van der Waals surface area contributed by atoms with Crippen molar-refractivity contribution in [2.24, 2.45) is 0 Å². The van der Waals surface area contributed by atoms with Gasteiger partial charge in [0.15, 0.2) is 29.3 Å². The number of imidazole rings is 1. The highest BCUT2D eigenvalue weighted by molar-refractivity contribution is 5.84. The van der Waals surface area contributed by atoms with Crippen molar-refractivity contribution >= 4 is 22.8 Å². The minimum absolute atomic E-state index is 0.0210. The number of nitrogens with zero attached hydrogens (tertiary/aromatic N) is 4. The van der Waals surface area contributed by atoms with Crippen molar-refractivity contribution in [3.8, 4) is 0 Å². The van der Waals surface area contributed by atoms with E-state index in [4.69, 9.17) is 19.9 Å². The topological polar surface area (TPSA) is 114 Å². The Morgan fingerprint density at radius 3 is 2.79 bits per heavy atom. The van der Waals surface area contributed by atoms with Gasteiger partial charge in [-0.2, -0.15) is 0 Å². The first-order valence-corrected chi connectivity index (χ1v) is 7.88. The number of anilines is 1. The molecule has 9 nitrogen and oxygen atoms in total. The van der Waals surface area contributed by atoms with Crippen LogP contribution in [0.15, 0.2) is 12.7 Å². The summed E-state index contributed by atoms with van der Waals surface area (Å²) in [6, 6.07) is 0. The quantitative estimate of drug-likeness (QED) is 0.877. The molecule has 128 valence electrons. The summed E-state index contributed by atoms with van der Waals surface area (Å²) in [4.78, 5) is 24.7. The van der Waals surface area contributed by atoms with Gasteiger partial charge in [-0.05, 0) is 13.8 Å². The number of hydrogen-bond donors (Lipinski definition) is 1. The number of aromatic nitrogens is 4. The number of fused-ring (bicyclic) bond motifs is 2. The summed E-state index contributed by atoms with van der Waals surface area (Å²) in [5.41, 5.74) is 6.86. The fraction of sp³-hybridized carbons (Fsp3) is 0.600. The van der Waals surface area contributed by atoms with Crippen LogP contribution < -0.4 is 5.73 Å². The number of nitrogen functional groups attached to an aromatic ring is 1. The highest BCUT2D eigenvalue weighted by Crippen LogP contribution is 2.44. The maximum Gasteiger partial charge on any atom is 0.167 e. The first-order valence-electron chi connectivity index (χ1n) is 7.88. The molecule has 24 heavy (non-hydrogen) atoms. The lowest BCUT2D eigenvalue weighted by molar-refractivity contribution is -0.196. The van der Waals surface area contributed by atoms with Gasteiger partial charge in [0.1, 0.15) is 30.2 Å². The van der Waals surface area contributed by atoms with Gasteiger partial charge in [0, 0.05) is 6.42 Å². The third kappa shape index (κ3) is 2.20. The first kappa shape index (κ1) is 15.4. The zero-order valence-electron chi connectivity index (χ0n) is 13.7. The van der Waals surface area contributed by atoms with E-state index in [9.17, 15) is 4.79 Å². The summed E-state index contributed by atoms with van der Waals surface area (Å²) in [5.74, 6) is -0.514. The smallest absolute Gasteiger partial charge is 0.167 e. The summed E-state index contributed by atoms with van der Waals surface area (Å²) in [6.45, 7) is 5.44. The predicted molar refractivity (Wildman–Crippen MR) is 82.8 cm³/mol. The standard InChI is InChI=1S/C15H19N5O4/c1-4-7(21)9-10-11(24-15(2,3)23-10)14(22-9)20-6-19-8-12(16)17-5-18-13(8)20/h5-6,9-11,14H,4H2,1-3H3,(H2,16,17,18)/t9-,10-,11-,14-/m1/s1. The minimum Gasteiger partial charge on any atom is -0.382 e. The van der Waals surface area contributed by atoms with Gasteiger partial charge in [0.2, 0.25) is 0 Å². The van der Waals surface area contributed by atoms with E-state index in [1.165, 1.54) is 6.33 Å². The van der Waals surface area contributed by atoms with Gasteiger partial charge in [-0.1, -0.05) is 6.92 Å². The maximum absolute atomic E-state index is 12.3. The molecule has 4 heterocycles. The molecule has 0 bridgehead atoms. The molecule has 2 saturated heterocycles. The van der Waals surface area contributed by atoms with E-state index in [1.54, 1.807) is 17.8 Å². The molecule has 2 aliphatic heterocycles. The normalized spacial score (nSPS) is 31.5. The van der Waals surface area contributed by atoms with Crippen molar-refractivity contribution in [3.05, 3.63) is 12.7 Å². The van der Waals surface area contributed by atoms with Crippen LogP contribution in [0.2, 0.25) is 0 Å². The molecular weight excluding hydrogens is 314 g/mol. The van der Waals surface area contributed by atoms with Gasteiger partial charge in [0.05, 0.1) is 6.33 Å². The molecule has 0 aliphatic carbocycles. The fourth-order valence-corrected chi connectivity index (χ4v) is 3.32. The Labute approximate surface area is 138 Å². The molecule has 2 aromatic heterocycles. The average molecular weight is 333 g/mol. The highest BCUT2D eigenvalue weighted by atomic mass is 16.8. The number of hydrogen-bond acceptors (Lipinski definition) is 8. The Kier molecular flexibility index (Phi) is 3.34. The van der Waals surface area contributed by atoms with E-state index < -0.39 is 30.3 Å². The van der Waals surface area contributed by atoms with Crippen molar-refractivity contribution < 1.29 is 19.0 Å². The van der Waals surface area contributed by atoms with Crippen molar-refractivity contribution in [2.75, 3.05) is 5.73 Å². The average Bonchev–Trinajstić information content (AvgIpc) is 3.18. The van der Waals surface area contributed by atoms with Crippen LogP contribution in [0.4, 0.5) is 5.82 Å². The number of carbonyl (C=O) groups is 1. The molecular formula is C15H19N5O4. The Morgan fingerprint density at radius 1 is 1.29 bits per heavy atom. The second kappa shape index (κ2) is 5.20. The summed E-state index contributed by atoms with van der Waals surface area (Å²) >= 11 is 0. The van der Waals surface area contributed by atoms with Crippen LogP contribution in [-0.2, 0) is 19.0 Å². The first-order chi connectivity index (χ1) is 11.4. The molecule has 4 rings (SSSR count). The summed E-state index contributed by atoms with van der Waals surface area (Å²) < 4.78 is 19.6. The maximum atomic E-state index is 12.3. The molecule has 0 unspecified atom stereocenters. The van der Waals surface area contributed by atoms with Crippen LogP contribution in [0.25, 0.3) is 11.2 Å². The van der Waals surface area contributed by atoms with Crippen LogP contribution in [-0.4, -0.2) is 49.4 Å². The lowest BCUT2D eigenvalue weighted by Crippen LogP contribution is -2.35. The van der Waals surface area contributed by atoms with Gasteiger partial charge in [-0.15, -0.1) is 0 Å². The zero-order chi connectivity index (χ0) is 17.1. The zero-order valence-corrected chi connectivity index (χ0v) is 13.7. The Balaban J connectivity index is 1.77. The van der Waals surface area contributed by atoms with Crippen LogP contribution in [0.3, 0.4) is 0 Å². The molecule has 2 N–H and O–H groups in total. The minimum atomic E-state index is -0.784. The molecule has 0 amide bonds. The monoisotopic (exact) mass is 333 g/mol. The molecule has 0 spiro atoms. The van der Waals surface area contributed by atoms with E-state index >= 15 is 0 Å². The van der Waals surface area contributed by atoms with Crippen LogP contribution in [0, 0.1) is 0 Å². The van der Waals surface area contributed by atoms with Gasteiger partial charge >= 0.3 is 0 Å². The summed E-state index contributed by atoms with van der Waals surface area (Å²) in [6.07, 6.45) is 1.16. The highest BCUT2D eigenvalue weighted by Gasteiger charge is 2.57. The molecule has 0 saturated carbocycles. The van der Waals surface area contributed by atoms with Crippen molar-refractivity contribution in [2.45, 2.75) is 57.5 Å². The third-order valence-corrected chi connectivity index (χ3v) is 4.36. The van der Waals surface area contributed by atoms with Gasteiger partial charge < -0.3 is 19.9 Å². The van der Waals surface area contributed by atoms with Gasteiger partial charge in [0.25, 0.3) is 0 Å². The molecule has 2 aromatic rings. The van der Waals surface area contributed by atoms with E-state index in [0.717, 1.165) is 0 Å². The molecule has 0 radical (unpaired) electrons.